The van der Waals surface area contributed by atoms with Gasteiger partial charge in [-0.15, -0.1) is 16.4 Å². The number of aliphatic hydroxyl groups excluding tert-OH is 1. The van der Waals surface area contributed by atoms with Gasteiger partial charge in [0.05, 0.1) is 80.1 Å². The van der Waals surface area contributed by atoms with Crippen molar-refractivity contribution in [2.24, 2.45) is 11.3 Å². The van der Waals surface area contributed by atoms with Crippen LogP contribution in [0, 0.1) is 24.1 Å². The predicted octanol–water partition coefficient (Wildman–Crippen LogP) is 9.20. The van der Waals surface area contributed by atoms with Gasteiger partial charge in [0.25, 0.3) is 0 Å². The summed E-state index contributed by atoms with van der Waals surface area (Å²) in [6.45, 7) is 12.4. The molecule has 76 heavy (non-hydrogen) atoms. The fourth-order valence-electron chi connectivity index (χ4n) is 10.4. The Kier molecular flexibility index (Phi) is 19.7. The number of hydrogen-bond acceptors (Lipinski definition) is 13. The number of thiazole rings is 1. The van der Waals surface area contributed by atoms with E-state index in [1.165, 1.54) is 22.6 Å². The van der Waals surface area contributed by atoms with Gasteiger partial charge in [0.15, 0.2) is 11.6 Å². The second-order valence-electron chi connectivity index (χ2n) is 21.6. The molecule has 2 N–H and O–H groups in total. The van der Waals surface area contributed by atoms with Gasteiger partial charge in [-0.2, -0.15) is 0 Å². The molecule has 3 aromatic heterocycles. The van der Waals surface area contributed by atoms with Crippen LogP contribution in [-0.2, 0) is 60.9 Å². The Morgan fingerprint density at radius 3 is 2.34 bits per heavy atom. The van der Waals surface area contributed by atoms with E-state index in [9.17, 15) is 28.7 Å². The summed E-state index contributed by atoms with van der Waals surface area (Å²) in [4.78, 5) is 66.2. The Labute approximate surface area is 449 Å². The van der Waals surface area contributed by atoms with Crippen molar-refractivity contribution in [3.8, 4) is 21.7 Å². The van der Waals surface area contributed by atoms with Gasteiger partial charge in [-0.05, 0) is 104 Å². The molecule has 4 heterocycles. The summed E-state index contributed by atoms with van der Waals surface area (Å²) in [5, 5.41) is 20.1. The fraction of sp³-hybridized carbons (Fsp3) is 0.508. The van der Waals surface area contributed by atoms with E-state index < -0.39 is 29.3 Å². The number of aryl methyl sites for hydroxylation is 4. The number of ketones is 3. The number of aliphatic hydroxyl groups is 1. The quantitative estimate of drug-likeness (QED) is 0.0445. The van der Waals surface area contributed by atoms with Crippen molar-refractivity contribution in [1.29, 1.82) is 0 Å². The number of H-pyrrole nitrogens is 1. The van der Waals surface area contributed by atoms with E-state index >= 15 is 0 Å². The summed E-state index contributed by atoms with van der Waals surface area (Å²) in [5.74, 6) is -1.48. The van der Waals surface area contributed by atoms with E-state index in [1.54, 1.807) is 16.0 Å². The Morgan fingerprint density at radius 2 is 1.62 bits per heavy atom. The van der Waals surface area contributed by atoms with Crippen molar-refractivity contribution in [1.82, 2.24) is 34.8 Å². The van der Waals surface area contributed by atoms with Crippen LogP contribution in [0.15, 0.2) is 72.4 Å². The van der Waals surface area contributed by atoms with Crippen molar-refractivity contribution in [3.63, 3.8) is 0 Å². The molecule has 8 rings (SSSR count). The minimum absolute atomic E-state index is 0.00655. The van der Waals surface area contributed by atoms with Crippen LogP contribution in [0.1, 0.15) is 111 Å². The fourth-order valence-corrected chi connectivity index (χ4v) is 11.3. The first-order valence-corrected chi connectivity index (χ1v) is 27.8. The first-order chi connectivity index (χ1) is 36.6. The molecule has 17 heteroatoms. The average molecular weight is 1060 g/mol. The molecule has 15 nitrogen and oxygen atoms in total. The second-order valence-corrected chi connectivity index (χ2v) is 22.4. The molecule has 3 atom stereocenters. The van der Waals surface area contributed by atoms with E-state index in [2.05, 4.69) is 56.5 Å². The number of amides is 1. The van der Waals surface area contributed by atoms with Crippen LogP contribution >= 0.6 is 11.3 Å². The zero-order valence-electron chi connectivity index (χ0n) is 44.8. The second kappa shape index (κ2) is 26.5. The number of ether oxygens (including phenoxy) is 3. The molecule has 0 bridgehead atoms. The van der Waals surface area contributed by atoms with Gasteiger partial charge >= 0.3 is 0 Å². The van der Waals surface area contributed by atoms with Crippen LogP contribution < -0.4 is 0 Å². The van der Waals surface area contributed by atoms with Gasteiger partial charge in [-0.1, -0.05) is 74.5 Å². The highest BCUT2D eigenvalue weighted by molar-refractivity contribution is 7.13. The predicted molar refractivity (Wildman–Crippen MR) is 292 cm³/mol. The third-order valence-electron chi connectivity index (χ3n) is 14.7. The van der Waals surface area contributed by atoms with Gasteiger partial charge < -0.3 is 34.1 Å². The highest BCUT2D eigenvalue weighted by atomic mass is 32.1. The first-order valence-electron chi connectivity index (χ1n) is 26.9. The molecule has 1 saturated heterocycles. The molecule has 1 amide bonds. The monoisotopic (exact) mass is 1060 g/mol. The summed E-state index contributed by atoms with van der Waals surface area (Å²) >= 11 is 1.60. The minimum Gasteiger partial charge on any atom is -0.391 e. The van der Waals surface area contributed by atoms with Crippen molar-refractivity contribution in [3.05, 3.63) is 112 Å². The largest absolute Gasteiger partial charge is 0.391 e. The van der Waals surface area contributed by atoms with Crippen molar-refractivity contribution in [2.45, 2.75) is 124 Å². The Morgan fingerprint density at radius 1 is 0.908 bits per heavy atom. The van der Waals surface area contributed by atoms with Crippen LogP contribution in [0.2, 0.25) is 0 Å². The molecule has 1 fully saturated rings. The maximum absolute atomic E-state index is 14.4. The number of likely N-dealkylation sites (tertiary alicyclic amines) is 1. The molecule has 0 saturated carbocycles. The summed E-state index contributed by atoms with van der Waals surface area (Å²) in [5.41, 5.74) is 10.8. The average Bonchev–Trinajstić information content (AvgIpc) is 4.21. The Bertz CT molecular complexity index is 2910. The van der Waals surface area contributed by atoms with Crippen molar-refractivity contribution in [2.75, 3.05) is 59.8 Å². The SMILES string of the molecule is Cc1ncsc1-c1ccc(CCC(=O)[C@@H]2C[C@@H](O)CN2C(=O)[C@@H](CC(=O)CCOCCOCCOCCn2cc(CCCCN(C)Cc3ccc(-c4[nH]c5cc(F)cc6c5c4CCCC6=O)cc3)nn2)C(C)(C)C)cc1. The van der Waals surface area contributed by atoms with E-state index in [0.717, 1.165) is 94.8 Å². The number of Topliss-reactive ketones (excluding diaryl/α,β-unsaturated/α-hetero) is 3. The van der Waals surface area contributed by atoms with Gasteiger partial charge in [-0.25, -0.2) is 14.1 Å². The van der Waals surface area contributed by atoms with Crippen LogP contribution in [0.5, 0.6) is 0 Å². The van der Waals surface area contributed by atoms with Crippen LogP contribution in [0.4, 0.5) is 4.39 Å². The maximum atomic E-state index is 14.4. The van der Waals surface area contributed by atoms with Gasteiger partial charge in [-0.3, -0.25) is 19.2 Å². The summed E-state index contributed by atoms with van der Waals surface area (Å²) in [6.07, 6.45) is 7.16. The molecular weight excluding hydrogens is 986 g/mol. The molecule has 0 radical (unpaired) electrons. The van der Waals surface area contributed by atoms with Crippen LogP contribution in [0.25, 0.3) is 32.6 Å². The number of benzene rings is 3. The number of rotatable bonds is 28. The summed E-state index contributed by atoms with van der Waals surface area (Å²) in [6, 6.07) is 18.8. The van der Waals surface area contributed by atoms with Crippen LogP contribution in [0.3, 0.4) is 0 Å². The summed E-state index contributed by atoms with van der Waals surface area (Å²) < 4.78 is 33.3. The Hall–Kier alpha value is -5.82. The van der Waals surface area contributed by atoms with Gasteiger partial charge in [0, 0.05) is 79.5 Å². The lowest BCUT2D eigenvalue weighted by Gasteiger charge is -2.34. The highest BCUT2D eigenvalue weighted by Crippen LogP contribution is 2.38. The number of carbonyl (C=O) groups is 4. The van der Waals surface area contributed by atoms with Crippen molar-refractivity contribution < 1.29 is 42.9 Å². The lowest BCUT2D eigenvalue weighted by molar-refractivity contribution is -0.146. The van der Waals surface area contributed by atoms with E-state index in [4.69, 9.17) is 14.2 Å². The smallest absolute Gasteiger partial charge is 0.227 e. The number of aromatic nitrogens is 5. The number of aromatic amines is 1. The van der Waals surface area contributed by atoms with Gasteiger partial charge in [0.1, 0.15) is 11.6 Å². The maximum Gasteiger partial charge on any atom is 0.227 e. The zero-order valence-corrected chi connectivity index (χ0v) is 45.6. The van der Waals surface area contributed by atoms with Crippen LogP contribution in [-0.4, -0.2) is 135 Å². The van der Waals surface area contributed by atoms with Gasteiger partial charge in [0.2, 0.25) is 5.91 Å². The summed E-state index contributed by atoms with van der Waals surface area (Å²) in [7, 11) is 2.13. The number of unbranched alkanes of at least 4 members (excludes halogenated alkanes) is 1. The molecular formula is C59H74FN7O8S. The third kappa shape index (κ3) is 15.0. The number of β-amino-alcohol motifs (C(OH)–C–C–N with tert-alkyl or cyclic N) is 1. The number of nitrogens with one attached hydrogen (secondary N) is 1. The number of halogens is 1. The molecule has 2 aliphatic rings. The Balaban J connectivity index is 0.650. The lowest BCUT2D eigenvalue weighted by Crippen LogP contribution is -2.47. The third-order valence-corrected chi connectivity index (χ3v) is 15.6. The standard InChI is InChI=1S/C59H74FN7O8S/c1-39-57(76-38-61-39)43-19-12-40(13-20-43)16-21-54(71)52-34-47(69)37-67(52)58(72)50(59(2,3)4)33-46(68)22-25-73-27-29-75-30-28-74-26-24-66-36-45(63-64-66)9-6-7-23-65(5)35-41-14-17-42(18-15-41)56-48-10-8-11-53(70)49-31-44(60)32-51(62-56)55(48)49/h12-15,17-20,31-32,36,38,47,50,52,62,69H,6-11,16,21-30,33-35,37H2,1-5H3/t47-,50-,52+/m1/s1. The molecule has 0 spiro atoms. The van der Waals surface area contributed by atoms with E-state index in [-0.39, 0.29) is 62.1 Å². The zero-order chi connectivity index (χ0) is 53.8. The molecule has 0 unspecified atom stereocenters. The molecule has 1 aliphatic heterocycles. The molecule has 3 aromatic carbocycles. The molecule has 6 aromatic rings. The first kappa shape index (κ1) is 56.4. The molecule has 1 aliphatic carbocycles. The lowest BCUT2D eigenvalue weighted by atomic mass is 9.76. The number of hydrogen-bond donors (Lipinski definition) is 2. The topological polar surface area (TPSA) is 182 Å². The number of carbonyl (C=O) groups excluding carboxylic acids is 4. The highest BCUT2D eigenvalue weighted by Gasteiger charge is 2.44. The van der Waals surface area contributed by atoms with E-state index in [0.29, 0.717) is 63.5 Å². The van der Waals surface area contributed by atoms with E-state index in [1.807, 2.05) is 63.7 Å². The number of nitrogens with zero attached hydrogens (tertiary/aromatic N) is 6. The van der Waals surface area contributed by atoms with Crippen molar-refractivity contribution >= 4 is 45.5 Å². The molecule has 406 valence electrons. The normalized spacial score (nSPS) is 16.3. The minimum atomic E-state index is -0.795.